The third-order valence-corrected chi connectivity index (χ3v) is 5.64. The van der Waals surface area contributed by atoms with Crippen LogP contribution in [0.3, 0.4) is 0 Å². The zero-order valence-electron chi connectivity index (χ0n) is 9.47. The first-order valence-corrected chi connectivity index (χ1v) is 8.89. The molecular weight excluding hydrogens is 276 g/mol. The summed E-state index contributed by atoms with van der Waals surface area (Å²) in [6.07, 6.45) is 9.71. The van der Waals surface area contributed by atoms with Crippen LogP contribution in [0.25, 0.3) is 0 Å². The van der Waals surface area contributed by atoms with E-state index in [1.54, 1.807) is 0 Å². The molecule has 1 aliphatic carbocycles. The Balaban J connectivity index is 2.39. The predicted octanol–water partition coefficient (Wildman–Crippen LogP) is 3.16. The zero-order chi connectivity index (χ0) is 11.4. The van der Waals surface area contributed by atoms with Crippen LogP contribution >= 0.6 is 15.9 Å². The molecule has 0 saturated heterocycles. The van der Waals surface area contributed by atoms with Crippen molar-refractivity contribution in [1.82, 2.24) is 0 Å². The average molecular weight is 297 g/mol. The van der Waals surface area contributed by atoms with Gasteiger partial charge in [-0.15, -0.1) is 0 Å². The van der Waals surface area contributed by atoms with E-state index < -0.39 is 9.84 Å². The minimum Gasteiger partial charge on any atom is -0.229 e. The summed E-state index contributed by atoms with van der Waals surface area (Å²) in [6, 6.07) is 0. The van der Waals surface area contributed by atoms with E-state index >= 15 is 0 Å². The van der Waals surface area contributed by atoms with E-state index in [0.717, 1.165) is 18.2 Å². The minimum absolute atomic E-state index is 0.349. The number of sulfone groups is 1. The summed E-state index contributed by atoms with van der Waals surface area (Å²) in [6.45, 7) is 0. The first-order chi connectivity index (χ1) is 6.97. The standard InChI is InChI=1S/C11H21BrO2S/c1-15(13,14)9-5-8-11(10-12)6-3-2-4-7-11/h2-10H2,1H3. The lowest BCUT2D eigenvalue weighted by Crippen LogP contribution is -2.26. The maximum atomic E-state index is 11.1. The fourth-order valence-corrected chi connectivity index (χ4v) is 3.97. The Bertz CT molecular complexity index is 279. The van der Waals surface area contributed by atoms with E-state index in [-0.39, 0.29) is 0 Å². The number of alkyl halides is 1. The zero-order valence-corrected chi connectivity index (χ0v) is 11.9. The molecule has 1 fully saturated rings. The molecule has 0 aliphatic heterocycles. The summed E-state index contributed by atoms with van der Waals surface area (Å²) in [5, 5.41) is 1.03. The van der Waals surface area contributed by atoms with Crippen molar-refractivity contribution in [1.29, 1.82) is 0 Å². The molecule has 2 nitrogen and oxygen atoms in total. The van der Waals surface area contributed by atoms with Gasteiger partial charge in [0.05, 0.1) is 0 Å². The molecule has 0 aromatic rings. The molecular formula is C11H21BrO2S. The van der Waals surface area contributed by atoms with Crippen LogP contribution in [0.5, 0.6) is 0 Å². The molecule has 0 N–H and O–H groups in total. The molecule has 15 heavy (non-hydrogen) atoms. The van der Waals surface area contributed by atoms with Crippen LogP contribution in [0.1, 0.15) is 44.9 Å². The molecule has 0 heterocycles. The van der Waals surface area contributed by atoms with Gasteiger partial charge in [-0.05, 0) is 31.1 Å². The molecule has 4 heteroatoms. The van der Waals surface area contributed by atoms with Gasteiger partial charge in [-0.25, -0.2) is 8.42 Å². The van der Waals surface area contributed by atoms with E-state index in [1.165, 1.54) is 38.4 Å². The molecule has 0 atom stereocenters. The van der Waals surface area contributed by atoms with Crippen molar-refractivity contribution >= 4 is 25.8 Å². The lowest BCUT2D eigenvalue weighted by Gasteiger charge is -2.35. The second-order valence-electron chi connectivity index (χ2n) is 4.93. The average Bonchev–Trinajstić information content (AvgIpc) is 2.17. The van der Waals surface area contributed by atoms with Crippen LogP contribution in [0.15, 0.2) is 0 Å². The number of rotatable bonds is 5. The first-order valence-electron chi connectivity index (χ1n) is 5.71. The van der Waals surface area contributed by atoms with Gasteiger partial charge in [0, 0.05) is 17.3 Å². The van der Waals surface area contributed by atoms with Gasteiger partial charge in [0.2, 0.25) is 0 Å². The molecule has 90 valence electrons. The van der Waals surface area contributed by atoms with Gasteiger partial charge in [-0.3, -0.25) is 0 Å². The van der Waals surface area contributed by atoms with Crippen molar-refractivity contribution in [3.63, 3.8) is 0 Å². The van der Waals surface area contributed by atoms with Crippen LogP contribution in [0.2, 0.25) is 0 Å². The molecule has 1 saturated carbocycles. The molecule has 0 aromatic heterocycles. The normalized spacial score (nSPS) is 21.5. The van der Waals surface area contributed by atoms with Crippen molar-refractivity contribution in [3.05, 3.63) is 0 Å². The summed E-state index contributed by atoms with van der Waals surface area (Å²) >= 11 is 3.60. The third-order valence-electron chi connectivity index (χ3n) is 3.42. The fourth-order valence-electron chi connectivity index (χ4n) is 2.46. The minimum atomic E-state index is -2.78. The van der Waals surface area contributed by atoms with Crippen LogP contribution in [0.4, 0.5) is 0 Å². The molecule has 1 rings (SSSR count). The maximum absolute atomic E-state index is 11.1. The predicted molar refractivity (Wildman–Crippen MR) is 68.3 cm³/mol. The summed E-state index contributed by atoms with van der Waals surface area (Å²) in [4.78, 5) is 0. The van der Waals surface area contributed by atoms with E-state index in [2.05, 4.69) is 15.9 Å². The van der Waals surface area contributed by atoms with Gasteiger partial charge >= 0.3 is 0 Å². The van der Waals surface area contributed by atoms with E-state index in [1.807, 2.05) is 0 Å². The Hall–Kier alpha value is 0.430. The largest absolute Gasteiger partial charge is 0.229 e. The topological polar surface area (TPSA) is 34.1 Å². The van der Waals surface area contributed by atoms with Crippen LogP contribution in [-0.2, 0) is 9.84 Å². The highest BCUT2D eigenvalue weighted by atomic mass is 79.9. The van der Waals surface area contributed by atoms with Gasteiger partial charge in [-0.2, -0.15) is 0 Å². The van der Waals surface area contributed by atoms with E-state index in [4.69, 9.17) is 0 Å². The van der Waals surface area contributed by atoms with Gasteiger partial charge in [0.25, 0.3) is 0 Å². The number of hydrogen-bond acceptors (Lipinski definition) is 2. The molecule has 0 radical (unpaired) electrons. The van der Waals surface area contributed by atoms with Gasteiger partial charge in [0.15, 0.2) is 0 Å². The van der Waals surface area contributed by atoms with Crippen molar-refractivity contribution in [2.24, 2.45) is 5.41 Å². The second-order valence-corrected chi connectivity index (χ2v) is 7.75. The highest BCUT2D eigenvalue weighted by Gasteiger charge is 2.30. The lowest BCUT2D eigenvalue weighted by atomic mass is 9.73. The van der Waals surface area contributed by atoms with Gasteiger partial charge < -0.3 is 0 Å². The van der Waals surface area contributed by atoms with Crippen molar-refractivity contribution in [2.75, 3.05) is 17.3 Å². The second kappa shape index (κ2) is 5.67. The Morgan fingerprint density at radius 2 is 1.80 bits per heavy atom. The van der Waals surface area contributed by atoms with Crippen molar-refractivity contribution in [3.8, 4) is 0 Å². The highest BCUT2D eigenvalue weighted by Crippen LogP contribution is 2.41. The number of halogens is 1. The first kappa shape index (κ1) is 13.5. The Morgan fingerprint density at radius 3 is 2.27 bits per heavy atom. The molecule has 0 amide bonds. The smallest absolute Gasteiger partial charge is 0.147 e. The maximum Gasteiger partial charge on any atom is 0.147 e. The Labute approximate surface area is 102 Å². The van der Waals surface area contributed by atoms with Gasteiger partial charge in [0.1, 0.15) is 9.84 Å². The summed E-state index contributed by atoms with van der Waals surface area (Å²) in [5.74, 6) is 0.349. The summed E-state index contributed by atoms with van der Waals surface area (Å²) in [5.41, 5.74) is 0.392. The lowest BCUT2D eigenvalue weighted by molar-refractivity contribution is 0.206. The monoisotopic (exact) mass is 296 g/mol. The fraction of sp³-hybridized carbons (Fsp3) is 1.00. The van der Waals surface area contributed by atoms with E-state index in [0.29, 0.717) is 11.2 Å². The Morgan fingerprint density at radius 1 is 1.20 bits per heavy atom. The van der Waals surface area contributed by atoms with Crippen LogP contribution in [-0.4, -0.2) is 25.8 Å². The SMILES string of the molecule is CS(=O)(=O)CCCC1(CBr)CCCCC1. The Kier molecular flexibility index (Phi) is 5.10. The van der Waals surface area contributed by atoms with Crippen molar-refractivity contribution < 1.29 is 8.42 Å². The number of hydrogen-bond donors (Lipinski definition) is 0. The molecule has 0 aromatic carbocycles. The highest BCUT2D eigenvalue weighted by molar-refractivity contribution is 9.09. The summed E-state index contributed by atoms with van der Waals surface area (Å²) < 4.78 is 22.1. The molecule has 0 bridgehead atoms. The van der Waals surface area contributed by atoms with Crippen LogP contribution < -0.4 is 0 Å². The molecule has 0 spiro atoms. The quantitative estimate of drug-likeness (QED) is 0.731. The molecule has 1 aliphatic rings. The van der Waals surface area contributed by atoms with E-state index in [9.17, 15) is 8.42 Å². The third kappa shape index (κ3) is 4.85. The van der Waals surface area contributed by atoms with Gasteiger partial charge in [-0.1, -0.05) is 35.2 Å². The van der Waals surface area contributed by atoms with Crippen LogP contribution in [0, 0.1) is 5.41 Å². The summed E-state index contributed by atoms with van der Waals surface area (Å²) in [7, 11) is -2.78. The van der Waals surface area contributed by atoms with Crippen molar-refractivity contribution in [2.45, 2.75) is 44.9 Å². The molecule has 0 unspecified atom stereocenters.